The Hall–Kier alpha value is 0.0400. The van der Waals surface area contributed by atoms with E-state index in [1.165, 1.54) is 17.4 Å². The highest BCUT2D eigenvalue weighted by Crippen LogP contribution is 2.34. The molecule has 2 N–H and O–H groups in total. The molecule has 5 nitrogen and oxygen atoms in total. The fourth-order valence-electron chi connectivity index (χ4n) is 1.21. The number of sulfonamides is 1. The van der Waals surface area contributed by atoms with E-state index in [1.807, 2.05) is 0 Å². The third-order valence-electron chi connectivity index (χ3n) is 2.13. The molecule has 0 spiro atoms. The van der Waals surface area contributed by atoms with E-state index >= 15 is 0 Å². The van der Waals surface area contributed by atoms with Crippen LogP contribution in [0.1, 0.15) is 13.8 Å². The zero-order chi connectivity index (χ0) is 14.1. The van der Waals surface area contributed by atoms with E-state index in [2.05, 4.69) is 36.6 Å². The second-order valence-electron chi connectivity index (χ2n) is 3.87. The smallest absolute Gasteiger partial charge is 0.322 e. The van der Waals surface area contributed by atoms with Crippen LogP contribution in [0.25, 0.3) is 0 Å². The Labute approximate surface area is 126 Å². The molecule has 0 bridgehead atoms. The summed E-state index contributed by atoms with van der Waals surface area (Å²) in [6, 6.07) is 0.275. The van der Waals surface area contributed by atoms with Gasteiger partial charge < -0.3 is 5.11 Å². The number of nitrogens with one attached hydrogen (secondary N) is 1. The normalized spacial score (nSPS) is 13.8. The molecule has 0 saturated heterocycles. The van der Waals surface area contributed by atoms with Crippen LogP contribution in [-0.2, 0) is 14.8 Å². The minimum absolute atomic E-state index is 0.0336. The highest BCUT2D eigenvalue weighted by Gasteiger charge is 2.29. The zero-order valence-electron chi connectivity index (χ0n) is 9.48. The fraction of sp³-hybridized carbons (Fsp3) is 0.444. The maximum atomic E-state index is 12.1. The van der Waals surface area contributed by atoms with Crippen molar-refractivity contribution in [2.75, 3.05) is 0 Å². The number of aliphatic carboxylic acids is 1. The van der Waals surface area contributed by atoms with Gasteiger partial charge in [0.25, 0.3) is 0 Å². The summed E-state index contributed by atoms with van der Waals surface area (Å²) in [7, 11) is -3.86. The van der Waals surface area contributed by atoms with Crippen LogP contribution in [0.2, 0.25) is 0 Å². The van der Waals surface area contributed by atoms with Crippen LogP contribution >= 0.6 is 43.2 Å². The Kier molecular flexibility index (Phi) is 5.36. The summed E-state index contributed by atoms with van der Waals surface area (Å²) in [4.78, 5) is 11.0. The van der Waals surface area contributed by atoms with E-state index in [4.69, 9.17) is 5.11 Å². The first kappa shape index (κ1) is 16.1. The van der Waals surface area contributed by atoms with Crippen LogP contribution in [0.4, 0.5) is 0 Å². The van der Waals surface area contributed by atoms with Gasteiger partial charge in [0.15, 0.2) is 0 Å². The van der Waals surface area contributed by atoms with Crippen molar-refractivity contribution < 1.29 is 18.3 Å². The molecule has 0 saturated carbocycles. The maximum absolute atomic E-state index is 12.1. The van der Waals surface area contributed by atoms with Crippen LogP contribution in [0.3, 0.4) is 0 Å². The monoisotopic (exact) mass is 419 g/mol. The molecular formula is C9H11Br2NO4S2. The molecule has 1 rings (SSSR count). The summed E-state index contributed by atoms with van der Waals surface area (Å²) >= 11 is 7.53. The second kappa shape index (κ2) is 6.00. The van der Waals surface area contributed by atoms with Crippen molar-refractivity contribution >= 4 is 59.2 Å². The first-order valence-corrected chi connectivity index (χ1v) is 8.73. The highest BCUT2D eigenvalue weighted by atomic mass is 79.9. The van der Waals surface area contributed by atoms with Crippen LogP contribution in [0.5, 0.6) is 0 Å². The van der Waals surface area contributed by atoms with Crippen LogP contribution < -0.4 is 4.72 Å². The summed E-state index contributed by atoms with van der Waals surface area (Å²) in [6.45, 7) is 3.28. The Morgan fingerprint density at radius 1 is 1.44 bits per heavy atom. The van der Waals surface area contributed by atoms with Gasteiger partial charge in [-0.15, -0.1) is 11.3 Å². The number of carbonyl (C=O) groups is 1. The van der Waals surface area contributed by atoms with Crippen LogP contribution in [-0.4, -0.2) is 25.5 Å². The molecule has 0 amide bonds. The molecule has 0 fully saturated rings. The molecule has 1 heterocycles. The molecule has 0 unspecified atom stereocenters. The number of carboxylic acids is 1. The molecule has 9 heteroatoms. The fourth-order valence-corrected chi connectivity index (χ4v) is 6.36. The van der Waals surface area contributed by atoms with Crippen molar-refractivity contribution in [3.8, 4) is 0 Å². The zero-order valence-corrected chi connectivity index (χ0v) is 14.3. The summed E-state index contributed by atoms with van der Waals surface area (Å²) < 4.78 is 27.4. The van der Waals surface area contributed by atoms with Crippen molar-refractivity contribution in [2.45, 2.75) is 24.8 Å². The minimum Gasteiger partial charge on any atom is -0.480 e. The number of hydrogen-bond acceptors (Lipinski definition) is 4. The molecule has 0 aromatic carbocycles. The van der Waals surface area contributed by atoms with E-state index in [1.54, 1.807) is 13.8 Å². The largest absolute Gasteiger partial charge is 0.480 e. The van der Waals surface area contributed by atoms with Gasteiger partial charge in [0, 0.05) is 0 Å². The lowest BCUT2D eigenvalue weighted by Gasteiger charge is -2.17. The van der Waals surface area contributed by atoms with Gasteiger partial charge in [-0.05, 0) is 43.8 Å². The van der Waals surface area contributed by atoms with Crippen molar-refractivity contribution in [2.24, 2.45) is 5.92 Å². The molecule has 1 aromatic heterocycles. The Morgan fingerprint density at radius 2 is 2.00 bits per heavy atom. The van der Waals surface area contributed by atoms with Gasteiger partial charge in [0.1, 0.15) is 10.9 Å². The molecule has 18 heavy (non-hydrogen) atoms. The SMILES string of the molecule is CC(C)[C@@H](NS(=O)(=O)c1cc(Br)sc1Br)C(=O)O. The first-order valence-electron chi connectivity index (χ1n) is 4.85. The Morgan fingerprint density at radius 3 is 2.33 bits per heavy atom. The average molecular weight is 421 g/mol. The lowest BCUT2D eigenvalue weighted by molar-refractivity contribution is -0.140. The highest BCUT2D eigenvalue weighted by molar-refractivity contribution is 9.12. The van der Waals surface area contributed by atoms with Gasteiger partial charge in [0.2, 0.25) is 10.0 Å². The molecule has 1 atom stereocenters. The lowest BCUT2D eigenvalue weighted by atomic mass is 10.1. The minimum atomic E-state index is -3.86. The number of halogens is 2. The number of hydrogen-bond donors (Lipinski definition) is 2. The van der Waals surface area contributed by atoms with Gasteiger partial charge in [-0.2, -0.15) is 4.72 Å². The van der Waals surface area contributed by atoms with Crippen molar-refractivity contribution in [1.82, 2.24) is 4.72 Å². The quantitative estimate of drug-likeness (QED) is 0.766. The second-order valence-corrected chi connectivity index (χ2v) is 9.30. The van der Waals surface area contributed by atoms with Gasteiger partial charge in [-0.25, -0.2) is 8.42 Å². The van der Waals surface area contributed by atoms with E-state index < -0.39 is 22.0 Å². The number of rotatable bonds is 5. The first-order chi connectivity index (χ1) is 8.15. The summed E-state index contributed by atoms with van der Waals surface area (Å²) in [5.41, 5.74) is 0. The van der Waals surface area contributed by atoms with E-state index in [0.717, 1.165) is 0 Å². The topological polar surface area (TPSA) is 83.5 Å². The summed E-state index contributed by atoms with van der Waals surface area (Å²) in [5, 5.41) is 8.98. The maximum Gasteiger partial charge on any atom is 0.322 e. The molecule has 0 aliphatic carbocycles. The standard InChI is InChI=1S/C9H11Br2NO4S2/c1-4(2)7(9(13)14)12-18(15,16)5-3-6(10)17-8(5)11/h3-4,7,12H,1-2H3,(H,13,14)/t7-/m1/s1. The number of carboxylic acid groups (broad SMARTS) is 1. The van der Waals surface area contributed by atoms with Gasteiger partial charge in [-0.1, -0.05) is 13.8 Å². The van der Waals surface area contributed by atoms with Gasteiger partial charge in [0.05, 0.1) is 7.57 Å². The lowest BCUT2D eigenvalue weighted by Crippen LogP contribution is -2.44. The van der Waals surface area contributed by atoms with E-state index in [0.29, 0.717) is 7.57 Å². The summed E-state index contributed by atoms with van der Waals surface area (Å²) in [5.74, 6) is -1.54. The van der Waals surface area contributed by atoms with Crippen molar-refractivity contribution in [1.29, 1.82) is 0 Å². The average Bonchev–Trinajstić information content (AvgIpc) is 2.54. The molecular weight excluding hydrogens is 410 g/mol. The molecule has 0 radical (unpaired) electrons. The molecule has 102 valence electrons. The molecule has 0 aliphatic heterocycles. The third kappa shape index (κ3) is 3.77. The Bertz CT molecular complexity index is 553. The third-order valence-corrected chi connectivity index (χ3v) is 6.33. The van der Waals surface area contributed by atoms with E-state index in [9.17, 15) is 13.2 Å². The van der Waals surface area contributed by atoms with Gasteiger partial charge >= 0.3 is 5.97 Å². The van der Waals surface area contributed by atoms with Crippen LogP contribution in [0, 0.1) is 5.92 Å². The van der Waals surface area contributed by atoms with Gasteiger partial charge in [-0.3, -0.25) is 4.79 Å². The molecule has 0 aliphatic rings. The predicted molar refractivity (Wildman–Crippen MR) is 76.3 cm³/mol. The molecule has 1 aromatic rings. The van der Waals surface area contributed by atoms with E-state index in [-0.39, 0.29) is 10.8 Å². The number of thiophene rings is 1. The predicted octanol–water partition coefficient (Wildman–Crippen LogP) is 2.66. The van der Waals surface area contributed by atoms with Crippen molar-refractivity contribution in [3.63, 3.8) is 0 Å². The van der Waals surface area contributed by atoms with Crippen molar-refractivity contribution in [3.05, 3.63) is 13.6 Å². The van der Waals surface area contributed by atoms with Crippen LogP contribution in [0.15, 0.2) is 18.5 Å². The Balaban J connectivity index is 3.08. The summed E-state index contributed by atoms with van der Waals surface area (Å²) in [6.07, 6.45) is 0.